The largest absolute Gasteiger partial charge is 0.340 e. The fourth-order valence-corrected chi connectivity index (χ4v) is 5.22. The molecule has 7 nitrogen and oxygen atoms in total. The summed E-state index contributed by atoms with van der Waals surface area (Å²) < 4.78 is 27.5. The normalized spacial score (nSPS) is 14.1. The zero-order chi connectivity index (χ0) is 24.8. The summed E-state index contributed by atoms with van der Waals surface area (Å²) in [6.07, 6.45) is 1.65. The highest BCUT2D eigenvalue weighted by atomic mass is 32.2. The van der Waals surface area contributed by atoms with E-state index < -0.39 is 22.0 Å². The van der Waals surface area contributed by atoms with E-state index in [4.69, 9.17) is 0 Å². The molecule has 1 aliphatic heterocycles. The monoisotopic (exact) mass is 491 g/mol. The number of benzene rings is 3. The number of carbonyl (C=O) groups is 2. The van der Waals surface area contributed by atoms with Crippen molar-refractivity contribution >= 4 is 27.5 Å². The molecule has 0 fully saturated rings. The molecule has 1 aliphatic rings. The van der Waals surface area contributed by atoms with Crippen LogP contribution in [0.2, 0.25) is 0 Å². The number of nitrogens with zero attached hydrogens (tertiary/aromatic N) is 1. The van der Waals surface area contributed by atoms with Crippen molar-refractivity contribution in [2.24, 2.45) is 0 Å². The molecule has 2 amide bonds. The molecule has 0 aromatic heterocycles. The second kappa shape index (κ2) is 10.8. The molecule has 3 aromatic carbocycles. The van der Waals surface area contributed by atoms with Crippen molar-refractivity contribution < 1.29 is 18.0 Å². The van der Waals surface area contributed by atoms with Crippen molar-refractivity contribution in [3.63, 3.8) is 0 Å². The Hall–Kier alpha value is -3.49. The Morgan fingerprint density at radius 1 is 0.943 bits per heavy atom. The van der Waals surface area contributed by atoms with Gasteiger partial charge < -0.3 is 10.2 Å². The van der Waals surface area contributed by atoms with Crippen LogP contribution in [-0.2, 0) is 26.0 Å². The second-order valence-electron chi connectivity index (χ2n) is 8.59. The zero-order valence-corrected chi connectivity index (χ0v) is 20.4. The van der Waals surface area contributed by atoms with Crippen LogP contribution >= 0.6 is 0 Å². The maximum absolute atomic E-state index is 13.6. The number of amides is 2. The van der Waals surface area contributed by atoms with Crippen LogP contribution in [-0.4, -0.2) is 33.3 Å². The van der Waals surface area contributed by atoms with Crippen LogP contribution < -0.4 is 14.9 Å². The SMILES string of the molecule is Cc1ccc(S(=O)(=O)NCCC(=O)N[C@@H](C(=O)N2CCCc3ccccc32)c2ccccc2)cc1. The van der Waals surface area contributed by atoms with Crippen LogP contribution in [0, 0.1) is 6.92 Å². The summed E-state index contributed by atoms with van der Waals surface area (Å²) in [5.41, 5.74) is 3.60. The van der Waals surface area contributed by atoms with Gasteiger partial charge in [-0.2, -0.15) is 0 Å². The molecular weight excluding hydrogens is 462 g/mol. The van der Waals surface area contributed by atoms with Gasteiger partial charge >= 0.3 is 0 Å². The van der Waals surface area contributed by atoms with E-state index in [1.807, 2.05) is 49.4 Å². The van der Waals surface area contributed by atoms with E-state index in [0.29, 0.717) is 12.1 Å². The van der Waals surface area contributed by atoms with Crippen molar-refractivity contribution in [1.29, 1.82) is 0 Å². The number of aryl methyl sites for hydroxylation is 2. The molecular formula is C27H29N3O4S. The van der Waals surface area contributed by atoms with Gasteiger partial charge in [-0.3, -0.25) is 9.59 Å². The Kier molecular flexibility index (Phi) is 7.63. The molecule has 8 heteroatoms. The number of hydrogen-bond donors (Lipinski definition) is 2. The first-order valence-corrected chi connectivity index (χ1v) is 13.1. The quantitative estimate of drug-likeness (QED) is 0.504. The Morgan fingerprint density at radius 3 is 2.37 bits per heavy atom. The molecule has 3 aromatic rings. The van der Waals surface area contributed by atoms with Gasteiger partial charge in [0.05, 0.1) is 4.90 Å². The van der Waals surface area contributed by atoms with E-state index in [1.165, 1.54) is 12.1 Å². The highest BCUT2D eigenvalue weighted by Gasteiger charge is 2.30. The first kappa shape index (κ1) is 24.6. The summed E-state index contributed by atoms with van der Waals surface area (Å²) in [5.74, 6) is -0.624. The summed E-state index contributed by atoms with van der Waals surface area (Å²) in [4.78, 5) is 28.3. The Bertz CT molecular complexity index is 1290. The third kappa shape index (κ3) is 5.96. The molecule has 182 valence electrons. The highest BCUT2D eigenvalue weighted by Crippen LogP contribution is 2.29. The van der Waals surface area contributed by atoms with Crippen LogP contribution in [0.1, 0.15) is 35.6 Å². The van der Waals surface area contributed by atoms with Gasteiger partial charge in [0.2, 0.25) is 15.9 Å². The topological polar surface area (TPSA) is 95.6 Å². The summed E-state index contributed by atoms with van der Waals surface area (Å²) >= 11 is 0. The fourth-order valence-electron chi connectivity index (χ4n) is 4.18. The molecule has 0 bridgehead atoms. The lowest BCUT2D eigenvalue weighted by atomic mass is 9.99. The number of carbonyl (C=O) groups excluding carboxylic acids is 2. The molecule has 1 atom stereocenters. The van der Waals surface area contributed by atoms with Gasteiger partial charge in [-0.1, -0.05) is 66.2 Å². The number of sulfonamides is 1. The van der Waals surface area contributed by atoms with Crippen molar-refractivity contribution in [2.75, 3.05) is 18.0 Å². The number of hydrogen-bond acceptors (Lipinski definition) is 4. The smallest absolute Gasteiger partial charge is 0.254 e. The van der Waals surface area contributed by atoms with Gasteiger partial charge in [-0.25, -0.2) is 13.1 Å². The van der Waals surface area contributed by atoms with Gasteiger partial charge in [-0.05, 0) is 49.1 Å². The first-order chi connectivity index (χ1) is 16.8. The highest BCUT2D eigenvalue weighted by molar-refractivity contribution is 7.89. The minimum absolute atomic E-state index is 0.0791. The molecule has 1 heterocycles. The molecule has 0 saturated carbocycles. The molecule has 2 N–H and O–H groups in total. The maximum atomic E-state index is 13.6. The lowest BCUT2D eigenvalue weighted by molar-refractivity contribution is -0.127. The van der Waals surface area contributed by atoms with E-state index in [1.54, 1.807) is 29.2 Å². The number of fused-ring (bicyclic) bond motifs is 1. The molecule has 0 radical (unpaired) electrons. The molecule has 4 rings (SSSR count). The second-order valence-corrected chi connectivity index (χ2v) is 10.4. The van der Waals surface area contributed by atoms with Crippen LogP contribution in [0.4, 0.5) is 5.69 Å². The number of para-hydroxylation sites is 1. The molecule has 0 saturated heterocycles. The average Bonchev–Trinajstić information content (AvgIpc) is 2.87. The summed E-state index contributed by atoms with van der Waals surface area (Å²) in [6.45, 7) is 2.37. The van der Waals surface area contributed by atoms with E-state index in [9.17, 15) is 18.0 Å². The zero-order valence-electron chi connectivity index (χ0n) is 19.6. The minimum Gasteiger partial charge on any atom is -0.340 e. The standard InChI is InChI=1S/C27H29N3O4S/c1-20-13-15-23(16-14-20)35(33,34)28-18-17-25(31)29-26(22-9-3-2-4-10-22)27(32)30-19-7-11-21-8-5-6-12-24(21)30/h2-6,8-10,12-16,26,28H,7,11,17-19H2,1H3,(H,29,31)/t26-/m1/s1. The predicted octanol–water partition coefficient (Wildman–Crippen LogP) is 3.50. The van der Waals surface area contributed by atoms with Crippen LogP contribution in [0.3, 0.4) is 0 Å². The molecule has 0 aliphatic carbocycles. The predicted molar refractivity (Wildman–Crippen MR) is 135 cm³/mol. The van der Waals surface area contributed by atoms with Crippen molar-refractivity contribution in [1.82, 2.24) is 10.0 Å². The lowest BCUT2D eigenvalue weighted by Crippen LogP contribution is -2.45. The average molecular weight is 492 g/mol. The van der Waals surface area contributed by atoms with Crippen LogP contribution in [0.25, 0.3) is 0 Å². The summed E-state index contributed by atoms with van der Waals surface area (Å²) in [6, 6.07) is 22.5. The third-order valence-electron chi connectivity index (χ3n) is 6.04. The third-order valence-corrected chi connectivity index (χ3v) is 7.51. The van der Waals surface area contributed by atoms with Crippen LogP contribution in [0.5, 0.6) is 0 Å². The lowest BCUT2D eigenvalue weighted by Gasteiger charge is -2.32. The fraction of sp³-hybridized carbons (Fsp3) is 0.259. The maximum Gasteiger partial charge on any atom is 0.254 e. The van der Waals surface area contributed by atoms with Crippen molar-refractivity contribution in [3.8, 4) is 0 Å². The molecule has 0 spiro atoms. The Balaban J connectivity index is 1.45. The number of rotatable bonds is 8. The van der Waals surface area contributed by atoms with Gasteiger partial charge in [-0.15, -0.1) is 0 Å². The summed E-state index contributed by atoms with van der Waals surface area (Å²) in [5, 5.41) is 2.83. The van der Waals surface area contributed by atoms with Crippen molar-refractivity contribution in [2.45, 2.75) is 37.1 Å². The number of anilines is 1. The van der Waals surface area contributed by atoms with E-state index in [2.05, 4.69) is 10.0 Å². The van der Waals surface area contributed by atoms with E-state index in [0.717, 1.165) is 29.7 Å². The van der Waals surface area contributed by atoms with Crippen LogP contribution in [0.15, 0.2) is 83.8 Å². The van der Waals surface area contributed by atoms with Gasteiger partial charge in [0.25, 0.3) is 5.91 Å². The first-order valence-electron chi connectivity index (χ1n) is 11.6. The Morgan fingerprint density at radius 2 is 1.63 bits per heavy atom. The summed E-state index contributed by atoms with van der Waals surface area (Å²) in [7, 11) is -3.73. The van der Waals surface area contributed by atoms with Gasteiger partial charge in [0.15, 0.2) is 0 Å². The minimum atomic E-state index is -3.73. The van der Waals surface area contributed by atoms with E-state index >= 15 is 0 Å². The number of nitrogens with one attached hydrogen (secondary N) is 2. The molecule has 0 unspecified atom stereocenters. The molecule has 35 heavy (non-hydrogen) atoms. The Labute approximate surface area is 206 Å². The van der Waals surface area contributed by atoms with E-state index in [-0.39, 0.29) is 23.8 Å². The van der Waals surface area contributed by atoms with Crippen molar-refractivity contribution in [3.05, 3.63) is 95.6 Å². The van der Waals surface area contributed by atoms with Gasteiger partial charge in [0, 0.05) is 25.2 Å². The van der Waals surface area contributed by atoms with Gasteiger partial charge in [0.1, 0.15) is 6.04 Å².